The van der Waals surface area contributed by atoms with Crippen molar-refractivity contribution in [3.05, 3.63) is 53.6 Å². The van der Waals surface area contributed by atoms with Crippen LogP contribution >= 0.6 is 0 Å². The molecule has 0 bridgehead atoms. The van der Waals surface area contributed by atoms with Crippen molar-refractivity contribution >= 4 is 11.9 Å². The molecule has 0 unspecified atom stereocenters. The van der Waals surface area contributed by atoms with E-state index in [2.05, 4.69) is 9.97 Å². The fraction of sp³-hybridized carbons (Fsp3) is 0.188. The van der Waals surface area contributed by atoms with E-state index in [0.29, 0.717) is 23.5 Å². The van der Waals surface area contributed by atoms with Crippen LogP contribution in [0.5, 0.6) is 11.6 Å². The summed E-state index contributed by atoms with van der Waals surface area (Å²) in [5, 5.41) is 0. The number of carbonyl (C=O) groups excluding carboxylic acids is 1. The summed E-state index contributed by atoms with van der Waals surface area (Å²) in [7, 11) is 1.50. The molecule has 0 fully saturated rings. The van der Waals surface area contributed by atoms with Crippen molar-refractivity contribution in [3.63, 3.8) is 0 Å². The van der Waals surface area contributed by atoms with Crippen molar-refractivity contribution in [2.45, 2.75) is 13.5 Å². The van der Waals surface area contributed by atoms with Crippen molar-refractivity contribution in [2.75, 3.05) is 7.11 Å². The average molecular weight is 297 g/mol. The topological polar surface area (TPSA) is 65.7 Å². The van der Waals surface area contributed by atoms with E-state index in [-0.39, 0.29) is 6.61 Å². The molecule has 6 nitrogen and oxygen atoms in total. The molecule has 0 radical (unpaired) electrons. The van der Waals surface area contributed by atoms with E-state index < -0.39 is 0 Å². The molecule has 0 amide bonds. The van der Waals surface area contributed by atoms with Crippen molar-refractivity contribution in [3.8, 4) is 11.6 Å². The number of hydrogen-bond acceptors (Lipinski definition) is 5. The van der Waals surface area contributed by atoms with E-state index in [1.54, 1.807) is 0 Å². The van der Waals surface area contributed by atoms with Crippen LogP contribution in [0.4, 0.5) is 0 Å². The zero-order valence-corrected chi connectivity index (χ0v) is 12.3. The smallest absolute Gasteiger partial charge is 0.213 e. The molecular formula is C16H15N3O3. The van der Waals surface area contributed by atoms with Gasteiger partial charge in [0.1, 0.15) is 18.0 Å². The van der Waals surface area contributed by atoms with E-state index in [0.717, 1.165) is 16.9 Å². The molecule has 0 spiro atoms. The summed E-state index contributed by atoms with van der Waals surface area (Å²) < 4.78 is 12.6. The largest absolute Gasteiger partial charge is 0.485 e. The van der Waals surface area contributed by atoms with E-state index in [9.17, 15) is 4.79 Å². The Hall–Kier alpha value is -2.89. The highest BCUT2D eigenvalue weighted by atomic mass is 16.5. The van der Waals surface area contributed by atoms with Gasteiger partial charge in [0, 0.05) is 18.5 Å². The summed E-state index contributed by atoms with van der Waals surface area (Å²) in [6, 6.07) is 5.49. The van der Waals surface area contributed by atoms with Crippen LogP contribution < -0.4 is 9.47 Å². The predicted molar refractivity (Wildman–Crippen MR) is 80.4 cm³/mol. The summed E-state index contributed by atoms with van der Waals surface area (Å²) in [6.45, 7) is 2.28. The number of nitrogens with zero attached hydrogens (tertiary/aromatic N) is 3. The Morgan fingerprint density at radius 3 is 2.95 bits per heavy atom. The van der Waals surface area contributed by atoms with E-state index in [1.807, 2.05) is 35.9 Å². The van der Waals surface area contributed by atoms with Gasteiger partial charge in [-0.2, -0.15) is 0 Å². The van der Waals surface area contributed by atoms with Gasteiger partial charge in [0.25, 0.3) is 0 Å². The molecule has 3 aromatic heterocycles. The summed E-state index contributed by atoms with van der Waals surface area (Å²) in [5.74, 6) is 0.779. The number of methoxy groups -OCH3 is 1. The minimum atomic E-state index is 0.260. The minimum Gasteiger partial charge on any atom is -0.485 e. The Bertz CT molecular complexity index is 827. The van der Waals surface area contributed by atoms with Gasteiger partial charge in [0.05, 0.1) is 24.6 Å². The molecule has 112 valence electrons. The summed E-state index contributed by atoms with van der Waals surface area (Å²) in [5.41, 5.74) is 3.18. The Balaban J connectivity index is 1.80. The highest BCUT2D eigenvalue weighted by Crippen LogP contribution is 2.21. The lowest BCUT2D eigenvalue weighted by atomic mass is 10.2. The highest BCUT2D eigenvalue weighted by Gasteiger charge is 2.08. The third-order valence-corrected chi connectivity index (χ3v) is 3.23. The van der Waals surface area contributed by atoms with Crippen LogP contribution in [0, 0.1) is 6.92 Å². The first-order valence-corrected chi connectivity index (χ1v) is 6.76. The first kappa shape index (κ1) is 14.1. The van der Waals surface area contributed by atoms with E-state index in [4.69, 9.17) is 9.47 Å². The van der Waals surface area contributed by atoms with E-state index >= 15 is 0 Å². The van der Waals surface area contributed by atoms with Gasteiger partial charge in [-0.1, -0.05) is 6.07 Å². The molecule has 6 heteroatoms. The zero-order chi connectivity index (χ0) is 15.5. The molecule has 22 heavy (non-hydrogen) atoms. The summed E-state index contributed by atoms with van der Waals surface area (Å²) >= 11 is 0. The van der Waals surface area contributed by atoms with Gasteiger partial charge in [-0.25, -0.2) is 9.97 Å². The quantitative estimate of drug-likeness (QED) is 0.677. The number of aryl methyl sites for hydroxylation is 1. The molecule has 0 aliphatic carbocycles. The lowest BCUT2D eigenvalue weighted by Crippen LogP contribution is -2.00. The van der Waals surface area contributed by atoms with Gasteiger partial charge in [0.15, 0.2) is 6.29 Å². The highest BCUT2D eigenvalue weighted by molar-refractivity contribution is 5.79. The van der Waals surface area contributed by atoms with Crippen LogP contribution in [-0.4, -0.2) is 27.8 Å². The first-order chi connectivity index (χ1) is 10.7. The van der Waals surface area contributed by atoms with Gasteiger partial charge in [0.2, 0.25) is 5.88 Å². The number of aldehydes is 1. The third-order valence-electron chi connectivity index (χ3n) is 3.23. The average Bonchev–Trinajstić information content (AvgIpc) is 2.94. The van der Waals surface area contributed by atoms with Gasteiger partial charge in [-0.05, 0) is 18.6 Å². The van der Waals surface area contributed by atoms with Crippen LogP contribution in [0.1, 0.15) is 21.6 Å². The van der Waals surface area contributed by atoms with Crippen molar-refractivity contribution < 1.29 is 14.3 Å². The lowest BCUT2D eigenvalue weighted by molar-refractivity contribution is 0.111. The normalized spacial score (nSPS) is 10.6. The van der Waals surface area contributed by atoms with Gasteiger partial charge >= 0.3 is 0 Å². The van der Waals surface area contributed by atoms with Crippen LogP contribution in [0.3, 0.4) is 0 Å². The van der Waals surface area contributed by atoms with Crippen molar-refractivity contribution in [1.82, 2.24) is 14.4 Å². The molecule has 0 saturated heterocycles. The SMILES string of the molecule is COc1cc(C=O)c(OCc2cn3cc(C)ccc3n2)cn1. The second kappa shape index (κ2) is 5.85. The second-order valence-corrected chi connectivity index (χ2v) is 4.88. The molecule has 0 aromatic carbocycles. The van der Waals surface area contributed by atoms with E-state index in [1.165, 1.54) is 19.4 Å². The molecule has 0 atom stereocenters. The third kappa shape index (κ3) is 2.76. The zero-order valence-electron chi connectivity index (χ0n) is 12.3. The molecule has 0 aliphatic heterocycles. The maximum atomic E-state index is 11.1. The number of fused-ring (bicyclic) bond motifs is 1. The maximum absolute atomic E-state index is 11.1. The monoisotopic (exact) mass is 297 g/mol. The summed E-state index contributed by atoms with van der Waals surface area (Å²) in [6.07, 6.45) is 6.09. The van der Waals surface area contributed by atoms with Gasteiger partial charge < -0.3 is 13.9 Å². The van der Waals surface area contributed by atoms with Crippen LogP contribution in [0.15, 0.2) is 36.8 Å². The molecule has 0 aliphatic rings. The number of pyridine rings is 2. The number of ether oxygens (including phenoxy) is 2. The standard InChI is InChI=1S/C16H15N3O3/c1-11-3-4-15-18-13(8-19(15)7-11)10-22-14-6-17-16(21-2)5-12(14)9-20/h3-9H,10H2,1-2H3. The number of carbonyl (C=O) groups is 1. The number of rotatable bonds is 5. The van der Waals surface area contributed by atoms with Gasteiger partial charge in [-0.15, -0.1) is 0 Å². The number of aromatic nitrogens is 3. The molecule has 0 saturated carbocycles. The predicted octanol–water partition coefficient (Wildman–Crippen LogP) is 2.44. The minimum absolute atomic E-state index is 0.260. The molecular weight excluding hydrogens is 282 g/mol. The lowest BCUT2D eigenvalue weighted by Gasteiger charge is -2.07. The van der Waals surface area contributed by atoms with Crippen molar-refractivity contribution in [2.24, 2.45) is 0 Å². The fourth-order valence-corrected chi connectivity index (χ4v) is 2.14. The maximum Gasteiger partial charge on any atom is 0.213 e. The van der Waals surface area contributed by atoms with Crippen molar-refractivity contribution in [1.29, 1.82) is 0 Å². The number of hydrogen-bond donors (Lipinski definition) is 0. The molecule has 0 N–H and O–H groups in total. The Morgan fingerprint density at radius 1 is 1.32 bits per heavy atom. The van der Waals surface area contributed by atoms with Crippen LogP contribution in [-0.2, 0) is 6.61 Å². The Morgan fingerprint density at radius 2 is 2.18 bits per heavy atom. The number of imidazole rings is 1. The van der Waals surface area contributed by atoms with Crippen LogP contribution in [0.2, 0.25) is 0 Å². The fourth-order valence-electron chi connectivity index (χ4n) is 2.14. The second-order valence-electron chi connectivity index (χ2n) is 4.88. The molecule has 3 heterocycles. The Labute approximate surface area is 127 Å². The molecule has 3 rings (SSSR count). The Kier molecular flexibility index (Phi) is 3.74. The first-order valence-electron chi connectivity index (χ1n) is 6.76. The molecule has 3 aromatic rings. The summed E-state index contributed by atoms with van der Waals surface area (Å²) in [4.78, 5) is 19.6. The van der Waals surface area contributed by atoms with Gasteiger partial charge in [-0.3, -0.25) is 4.79 Å². The van der Waals surface area contributed by atoms with Crippen LogP contribution in [0.25, 0.3) is 5.65 Å².